The Hall–Kier alpha value is -1.36. The Balaban J connectivity index is 1.71. The van der Waals surface area contributed by atoms with Crippen LogP contribution >= 0.6 is 0 Å². The van der Waals surface area contributed by atoms with Crippen molar-refractivity contribution >= 4 is 11.6 Å². The van der Waals surface area contributed by atoms with E-state index in [1.165, 1.54) is 12.8 Å². The SMILES string of the molecule is CCNc1cc(NC2CCOC2C2CC2)nc(C)n1. The molecule has 2 fully saturated rings. The molecular formula is C14H22N4O. The van der Waals surface area contributed by atoms with Gasteiger partial charge in [-0.05, 0) is 39.0 Å². The van der Waals surface area contributed by atoms with E-state index in [0.717, 1.165) is 43.0 Å². The molecule has 0 bridgehead atoms. The molecule has 1 aromatic rings. The molecule has 2 N–H and O–H groups in total. The third-order valence-electron chi connectivity index (χ3n) is 3.75. The number of anilines is 2. The topological polar surface area (TPSA) is 59.1 Å². The van der Waals surface area contributed by atoms with Crippen LogP contribution in [0.2, 0.25) is 0 Å². The van der Waals surface area contributed by atoms with E-state index in [0.29, 0.717) is 12.1 Å². The molecular weight excluding hydrogens is 240 g/mol. The number of rotatable bonds is 5. The van der Waals surface area contributed by atoms with Crippen molar-refractivity contribution in [1.82, 2.24) is 9.97 Å². The number of aryl methyl sites for hydroxylation is 1. The number of hydrogen-bond donors (Lipinski definition) is 2. The smallest absolute Gasteiger partial charge is 0.132 e. The van der Waals surface area contributed by atoms with Crippen molar-refractivity contribution in [2.24, 2.45) is 5.92 Å². The van der Waals surface area contributed by atoms with Gasteiger partial charge in [-0.1, -0.05) is 0 Å². The van der Waals surface area contributed by atoms with Crippen LogP contribution in [0.4, 0.5) is 11.6 Å². The minimum atomic E-state index is 0.373. The molecule has 5 nitrogen and oxygen atoms in total. The second kappa shape index (κ2) is 5.33. The van der Waals surface area contributed by atoms with Gasteiger partial charge in [0.1, 0.15) is 17.5 Å². The van der Waals surface area contributed by atoms with Crippen LogP contribution in [0.1, 0.15) is 32.0 Å². The van der Waals surface area contributed by atoms with Crippen LogP contribution in [0.3, 0.4) is 0 Å². The van der Waals surface area contributed by atoms with Gasteiger partial charge < -0.3 is 15.4 Å². The summed E-state index contributed by atoms with van der Waals surface area (Å²) in [6.07, 6.45) is 4.07. The first-order valence-electron chi connectivity index (χ1n) is 7.24. The van der Waals surface area contributed by atoms with Crippen molar-refractivity contribution in [2.75, 3.05) is 23.8 Å². The van der Waals surface area contributed by atoms with Crippen LogP contribution in [0.15, 0.2) is 6.07 Å². The van der Waals surface area contributed by atoms with Crippen molar-refractivity contribution in [3.8, 4) is 0 Å². The Labute approximate surface area is 114 Å². The summed E-state index contributed by atoms with van der Waals surface area (Å²) in [5, 5.41) is 6.77. The van der Waals surface area contributed by atoms with Crippen LogP contribution in [-0.2, 0) is 4.74 Å². The Bertz CT molecular complexity index is 447. The van der Waals surface area contributed by atoms with E-state index in [9.17, 15) is 0 Å². The number of nitrogens with zero attached hydrogens (tertiary/aromatic N) is 2. The van der Waals surface area contributed by atoms with Gasteiger partial charge in [0.05, 0.1) is 12.1 Å². The van der Waals surface area contributed by atoms with E-state index in [-0.39, 0.29) is 0 Å². The van der Waals surface area contributed by atoms with Gasteiger partial charge in [-0.15, -0.1) is 0 Å². The third-order valence-corrected chi connectivity index (χ3v) is 3.75. The quantitative estimate of drug-likeness (QED) is 0.852. The van der Waals surface area contributed by atoms with Crippen LogP contribution in [0.5, 0.6) is 0 Å². The summed E-state index contributed by atoms with van der Waals surface area (Å²) >= 11 is 0. The standard InChI is InChI=1S/C14H22N4O/c1-3-15-12-8-13(17-9(2)16-12)18-11-6-7-19-14(11)10-4-5-10/h8,10-11,14H,3-7H2,1-2H3,(H2,15,16,17,18). The van der Waals surface area contributed by atoms with Gasteiger partial charge in [0.25, 0.3) is 0 Å². The highest BCUT2D eigenvalue weighted by Crippen LogP contribution is 2.39. The van der Waals surface area contributed by atoms with Crippen molar-refractivity contribution < 1.29 is 4.74 Å². The van der Waals surface area contributed by atoms with Gasteiger partial charge in [-0.2, -0.15) is 0 Å². The molecule has 1 saturated heterocycles. The number of ether oxygens (including phenoxy) is 1. The molecule has 19 heavy (non-hydrogen) atoms. The van der Waals surface area contributed by atoms with Gasteiger partial charge in [0.2, 0.25) is 0 Å². The Morgan fingerprint density at radius 1 is 1.26 bits per heavy atom. The molecule has 0 spiro atoms. The summed E-state index contributed by atoms with van der Waals surface area (Å²) in [7, 11) is 0. The minimum Gasteiger partial charge on any atom is -0.376 e. The maximum Gasteiger partial charge on any atom is 0.132 e. The lowest BCUT2D eigenvalue weighted by Gasteiger charge is -2.20. The molecule has 3 rings (SSSR count). The van der Waals surface area contributed by atoms with E-state index in [2.05, 4.69) is 27.5 Å². The summed E-state index contributed by atoms with van der Waals surface area (Å²) in [6, 6.07) is 2.38. The molecule has 2 heterocycles. The fourth-order valence-corrected chi connectivity index (χ4v) is 2.76. The monoisotopic (exact) mass is 262 g/mol. The lowest BCUT2D eigenvalue weighted by Crippen LogP contribution is -2.31. The molecule has 104 valence electrons. The fourth-order valence-electron chi connectivity index (χ4n) is 2.76. The molecule has 1 aromatic heterocycles. The van der Waals surface area contributed by atoms with Crippen LogP contribution in [0, 0.1) is 12.8 Å². The summed E-state index contributed by atoms with van der Waals surface area (Å²) in [5.74, 6) is 3.35. The predicted molar refractivity (Wildman–Crippen MR) is 75.4 cm³/mol. The average molecular weight is 262 g/mol. The maximum absolute atomic E-state index is 5.85. The largest absolute Gasteiger partial charge is 0.376 e. The Morgan fingerprint density at radius 2 is 2.05 bits per heavy atom. The van der Waals surface area contributed by atoms with Crippen molar-refractivity contribution in [2.45, 2.75) is 45.3 Å². The van der Waals surface area contributed by atoms with E-state index >= 15 is 0 Å². The predicted octanol–water partition coefficient (Wildman–Crippen LogP) is 2.20. The highest BCUT2D eigenvalue weighted by atomic mass is 16.5. The van der Waals surface area contributed by atoms with E-state index in [1.807, 2.05) is 13.0 Å². The van der Waals surface area contributed by atoms with Crippen molar-refractivity contribution in [3.05, 3.63) is 11.9 Å². The first-order chi connectivity index (χ1) is 9.26. The van der Waals surface area contributed by atoms with Gasteiger partial charge in [0.15, 0.2) is 0 Å². The molecule has 1 saturated carbocycles. The molecule has 2 atom stereocenters. The molecule has 1 aliphatic heterocycles. The Morgan fingerprint density at radius 3 is 2.79 bits per heavy atom. The zero-order valence-electron chi connectivity index (χ0n) is 11.6. The number of aromatic nitrogens is 2. The third kappa shape index (κ3) is 2.97. The van der Waals surface area contributed by atoms with Crippen molar-refractivity contribution in [3.63, 3.8) is 0 Å². The molecule has 1 aliphatic carbocycles. The number of hydrogen-bond acceptors (Lipinski definition) is 5. The summed E-state index contributed by atoms with van der Waals surface area (Å²) in [5.41, 5.74) is 0. The van der Waals surface area contributed by atoms with Crippen LogP contribution < -0.4 is 10.6 Å². The zero-order chi connectivity index (χ0) is 13.2. The van der Waals surface area contributed by atoms with E-state index < -0.39 is 0 Å². The first-order valence-corrected chi connectivity index (χ1v) is 7.24. The molecule has 5 heteroatoms. The van der Waals surface area contributed by atoms with E-state index in [4.69, 9.17) is 4.74 Å². The van der Waals surface area contributed by atoms with Gasteiger partial charge >= 0.3 is 0 Å². The molecule has 0 aromatic carbocycles. The summed E-state index contributed by atoms with van der Waals surface area (Å²) < 4.78 is 5.85. The van der Waals surface area contributed by atoms with Crippen molar-refractivity contribution in [1.29, 1.82) is 0 Å². The second-order valence-electron chi connectivity index (χ2n) is 5.43. The lowest BCUT2D eigenvalue weighted by atomic mass is 10.1. The Kier molecular flexibility index (Phi) is 3.55. The van der Waals surface area contributed by atoms with Crippen LogP contribution in [-0.4, -0.2) is 35.3 Å². The average Bonchev–Trinajstić information content (AvgIpc) is 3.10. The van der Waals surface area contributed by atoms with E-state index in [1.54, 1.807) is 0 Å². The normalized spacial score (nSPS) is 26.4. The van der Waals surface area contributed by atoms with Gasteiger partial charge in [-0.25, -0.2) is 9.97 Å². The molecule has 0 amide bonds. The fraction of sp³-hybridized carbons (Fsp3) is 0.714. The van der Waals surface area contributed by atoms with Gasteiger partial charge in [0, 0.05) is 19.2 Å². The zero-order valence-corrected chi connectivity index (χ0v) is 11.6. The molecule has 2 aliphatic rings. The number of nitrogens with one attached hydrogen (secondary N) is 2. The summed E-state index contributed by atoms with van der Waals surface area (Å²) in [6.45, 7) is 5.73. The highest BCUT2D eigenvalue weighted by molar-refractivity contribution is 5.48. The molecule has 2 unspecified atom stereocenters. The molecule has 0 radical (unpaired) electrons. The summed E-state index contributed by atoms with van der Waals surface area (Å²) in [4.78, 5) is 8.85. The second-order valence-corrected chi connectivity index (χ2v) is 5.43. The highest BCUT2D eigenvalue weighted by Gasteiger charge is 2.40. The van der Waals surface area contributed by atoms with Gasteiger partial charge in [-0.3, -0.25) is 0 Å². The lowest BCUT2D eigenvalue weighted by molar-refractivity contribution is 0.0898. The maximum atomic E-state index is 5.85. The van der Waals surface area contributed by atoms with Crippen LogP contribution in [0.25, 0.3) is 0 Å². The minimum absolute atomic E-state index is 0.373. The first kappa shape index (κ1) is 12.7.